The molecule has 0 saturated carbocycles. The van der Waals surface area contributed by atoms with Gasteiger partial charge in [0.15, 0.2) is 5.76 Å². The summed E-state index contributed by atoms with van der Waals surface area (Å²) in [6.45, 7) is 8.63. The number of hydrogen-bond donors (Lipinski definition) is 2. The van der Waals surface area contributed by atoms with Crippen molar-refractivity contribution in [3.8, 4) is 0 Å². The maximum absolute atomic E-state index is 12.4. The number of hydrogen-bond acceptors (Lipinski definition) is 5. The lowest BCUT2D eigenvalue weighted by Gasteiger charge is -2.32. The van der Waals surface area contributed by atoms with E-state index >= 15 is 0 Å². The topological polar surface area (TPSA) is 70.4 Å². The van der Waals surface area contributed by atoms with E-state index in [9.17, 15) is 4.79 Å². The van der Waals surface area contributed by atoms with E-state index in [1.165, 1.54) is 0 Å². The second kappa shape index (κ2) is 9.44. The van der Waals surface area contributed by atoms with Crippen LogP contribution in [0.3, 0.4) is 0 Å². The van der Waals surface area contributed by atoms with Crippen LogP contribution in [0.1, 0.15) is 45.1 Å². The molecule has 0 aliphatic carbocycles. The standard InChI is InChI=1S/C23H34N4O2/c1-23(2,3)25-22(28)13-17-10-11-24-15-18(17)12-19-14-21(29-26-19)16-27(4)20-8-6-5-7-9-20/h5-9,14,17-18,24H,10-13,15-16H2,1-4H3,(H,25,28). The highest BCUT2D eigenvalue weighted by molar-refractivity contribution is 5.76. The molecule has 2 unspecified atom stereocenters. The highest BCUT2D eigenvalue weighted by atomic mass is 16.5. The average molecular weight is 399 g/mol. The van der Waals surface area contributed by atoms with Gasteiger partial charge in [-0.05, 0) is 70.7 Å². The molecule has 0 spiro atoms. The molecule has 2 N–H and O–H groups in total. The minimum absolute atomic E-state index is 0.139. The van der Waals surface area contributed by atoms with E-state index in [0.717, 1.165) is 43.1 Å². The fraction of sp³-hybridized carbons (Fsp3) is 0.565. The van der Waals surface area contributed by atoms with Crippen LogP contribution < -0.4 is 15.5 Å². The first-order chi connectivity index (χ1) is 13.8. The van der Waals surface area contributed by atoms with E-state index in [2.05, 4.69) is 38.9 Å². The number of aromatic nitrogens is 1. The number of nitrogens with one attached hydrogen (secondary N) is 2. The van der Waals surface area contributed by atoms with Crippen LogP contribution in [0.15, 0.2) is 40.9 Å². The smallest absolute Gasteiger partial charge is 0.220 e. The molecule has 158 valence electrons. The number of rotatable bonds is 7. The fourth-order valence-corrected chi connectivity index (χ4v) is 3.99. The van der Waals surface area contributed by atoms with Gasteiger partial charge < -0.3 is 20.1 Å². The molecule has 0 bridgehead atoms. The number of carbonyl (C=O) groups excluding carboxylic acids is 1. The molecule has 2 heterocycles. The monoisotopic (exact) mass is 398 g/mol. The number of benzene rings is 1. The Kier molecular flexibility index (Phi) is 6.96. The Morgan fingerprint density at radius 2 is 2.03 bits per heavy atom. The van der Waals surface area contributed by atoms with Gasteiger partial charge >= 0.3 is 0 Å². The van der Waals surface area contributed by atoms with Gasteiger partial charge in [0.25, 0.3) is 0 Å². The fourth-order valence-electron chi connectivity index (χ4n) is 3.99. The molecule has 1 aliphatic heterocycles. The van der Waals surface area contributed by atoms with Crippen LogP contribution in [-0.2, 0) is 17.8 Å². The van der Waals surface area contributed by atoms with Crippen LogP contribution in [0.2, 0.25) is 0 Å². The number of amides is 1. The van der Waals surface area contributed by atoms with Crippen LogP contribution >= 0.6 is 0 Å². The Balaban J connectivity index is 1.57. The normalized spacial score (nSPS) is 19.7. The minimum Gasteiger partial charge on any atom is -0.367 e. The van der Waals surface area contributed by atoms with Gasteiger partial charge in [0, 0.05) is 30.8 Å². The molecule has 1 aliphatic rings. The summed E-state index contributed by atoms with van der Waals surface area (Å²) in [6.07, 6.45) is 2.42. The average Bonchev–Trinajstić information content (AvgIpc) is 3.09. The predicted molar refractivity (Wildman–Crippen MR) is 116 cm³/mol. The van der Waals surface area contributed by atoms with E-state index < -0.39 is 0 Å². The van der Waals surface area contributed by atoms with E-state index in [4.69, 9.17) is 4.52 Å². The van der Waals surface area contributed by atoms with Crippen LogP contribution in [0, 0.1) is 11.8 Å². The number of anilines is 1. The van der Waals surface area contributed by atoms with Crippen LogP contribution in [0.4, 0.5) is 5.69 Å². The summed E-state index contributed by atoms with van der Waals surface area (Å²) in [4.78, 5) is 14.6. The van der Waals surface area contributed by atoms with Gasteiger partial charge in [0.1, 0.15) is 0 Å². The van der Waals surface area contributed by atoms with Crippen molar-refractivity contribution in [2.45, 2.75) is 52.1 Å². The maximum Gasteiger partial charge on any atom is 0.220 e. The lowest BCUT2D eigenvalue weighted by Crippen LogP contribution is -2.44. The second-order valence-electron chi connectivity index (χ2n) is 9.20. The van der Waals surface area contributed by atoms with Crippen molar-refractivity contribution in [3.63, 3.8) is 0 Å². The van der Waals surface area contributed by atoms with Crippen molar-refractivity contribution in [2.24, 2.45) is 11.8 Å². The summed E-state index contributed by atoms with van der Waals surface area (Å²) in [5.41, 5.74) is 1.92. The van der Waals surface area contributed by atoms with Gasteiger partial charge in [-0.15, -0.1) is 0 Å². The van der Waals surface area contributed by atoms with E-state index in [0.29, 0.717) is 24.8 Å². The molecule has 6 heteroatoms. The summed E-state index contributed by atoms with van der Waals surface area (Å²) in [7, 11) is 2.05. The molecule has 1 amide bonds. The third kappa shape index (κ3) is 6.60. The molecular formula is C23H34N4O2. The summed E-state index contributed by atoms with van der Waals surface area (Å²) in [5, 5.41) is 10.9. The van der Waals surface area contributed by atoms with Crippen molar-refractivity contribution in [1.82, 2.24) is 15.8 Å². The Morgan fingerprint density at radius 1 is 1.28 bits per heavy atom. The third-order valence-corrected chi connectivity index (χ3v) is 5.40. The summed E-state index contributed by atoms with van der Waals surface area (Å²) < 4.78 is 5.59. The first-order valence-corrected chi connectivity index (χ1v) is 10.5. The number of piperidine rings is 1. The Labute approximate surface area is 174 Å². The maximum atomic E-state index is 12.4. The Bertz CT molecular complexity index is 782. The number of nitrogens with zero attached hydrogens (tertiary/aromatic N) is 2. The largest absolute Gasteiger partial charge is 0.367 e. The molecule has 3 rings (SSSR count). The lowest BCUT2D eigenvalue weighted by molar-refractivity contribution is -0.124. The summed E-state index contributed by atoms with van der Waals surface area (Å²) in [6, 6.07) is 12.3. The predicted octanol–water partition coefficient (Wildman–Crippen LogP) is 3.38. The quantitative estimate of drug-likeness (QED) is 0.748. The molecular weight excluding hydrogens is 364 g/mol. The Hall–Kier alpha value is -2.34. The van der Waals surface area contributed by atoms with Gasteiger partial charge in [-0.25, -0.2) is 0 Å². The van der Waals surface area contributed by atoms with Crippen LogP contribution in [-0.4, -0.2) is 36.7 Å². The second-order valence-corrected chi connectivity index (χ2v) is 9.20. The van der Waals surface area contributed by atoms with Crippen molar-refractivity contribution in [3.05, 3.63) is 47.9 Å². The number of para-hydroxylation sites is 1. The molecule has 1 aromatic heterocycles. The SMILES string of the molecule is CN(Cc1cc(CC2CNCCC2CC(=O)NC(C)(C)C)no1)c1ccccc1. The van der Waals surface area contributed by atoms with Gasteiger partial charge in [-0.2, -0.15) is 0 Å². The van der Waals surface area contributed by atoms with Crippen molar-refractivity contribution >= 4 is 11.6 Å². The minimum atomic E-state index is -0.189. The van der Waals surface area contributed by atoms with E-state index in [1.807, 2.05) is 46.0 Å². The molecule has 6 nitrogen and oxygen atoms in total. The molecule has 29 heavy (non-hydrogen) atoms. The van der Waals surface area contributed by atoms with Crippen LogP contribution in [0.25, 0.3) is 0 Å². The molecule has 2 aromatic rings. The lowest BCUT2D eigenvalue weighted by atomic mass is 9.81. The van der Waals surface area contributed by atoms with Gasteiger partial charge in [-0.1, -0.05) is 23.4 Å². The molecule has 1 saturated heterocycles. The number of carbonyl (C=O) groups is 1. The molecule has 0 radical (unpaired) electrons. The van der Waals surface area contributed by atoms with E-state index in [-0.39, 0.29) is 11.4 Å². The first kappa shape index (κ1) is 21.4. The van der Waals surface area contributed by atoms with Crippen molar-refractivity contribution in [1.29, 1.82) is 0 Å². The van der Waals surface area contributed by atoms with Gasteiger partial charge in [-0.3, -0.25) is 4.79 Å². The van der Waals surface area contributed by atoms with Crippen LogP contribution in [0.5, 0.6) is 0 Å². The zero-order valence-electron chi connectivity index (χ0n) is 18.1. The molecule has 2 atom stereocenters. The van der Waals surface area contributed by atoms with E-state index in [1.54, 1.807) is 0 Å². The van der Waals surface area contributed by atoms with Crippen molar-refractivity contribution in [2.75, 3.05) is 25.0 Å². The third-order valence-electron chi connectivity index (χ3n) is 5.40. The zero-order chi connectivity index (χ0) is 20.9. The van der Waals surface area contributed by atoms with Gasteiger partial charge in [0.05, 0.1) is 12.2 Å². The van der Waals surface area contributed by atoms with Crippen molar-refractivity contribution < 1.29 is 9.32 Å². The molecule has 1 aromatic carbocycles. The highest BCUT2D eigenvalue weighted by Gasteiger charge is 2.29. The van der Waals surface area contributed by atoms with Gasteiger partial charge in [0.2, 0.25) is 5.91 Å². The summed E-state index contributed by atoms with van der Waals surface area (Å²) >= 11 is 0. The Morgan fingerprint density at radius 3 is 2.76 bits per heavy atom. The highest BCUT2D eigenvalue weighted by Crippen LogP contribution is 2.27. The zero-order valence-corrected chi connectivity index (χ0v) is 18.1. The first-order valence-electron chi connectivity index (χ1n) is 10.5. The summed E-state index contributed by atoms with van der Waals surface area (Å²) in [5.74, 6) is 1.75. The molecule has 1 fully saturated rings.